The maximum Gasteiger partial charge on any atom is 0.401 e. The summed E-state index contributed by atoms with van der Waals surface area (Å²) in [6.07, 6.45) is -4.39. The molecule has 0 atom stereocenters. The molecule has 0 spiro atoms. The van der Waals surface area contributed by atoms with Crippen LogP contribution in [0.5, 0.6) is 0 Å². The highest BCUT2D eigenvalue weighted by Gasteiger charge is 2.31. The van der Waals surface area contributed by atoms with Gasteiger partial charge in [-0.15, -0.1) is 11.3 Å². The van der Waals surface area contributed by atoms with Gasteiger partial charge in [-0.3, -0.25) is 9.69 Å². The SMILES string of the molecule is Cc1ccc(CN(CC(=O)O)CC(F)(F)F)s1. The summed E-state index contributed by atoms with van der Waals surface area (Å²) in [4.78, 5) is 13.1. The van der Waals surface area contributed by atoms with Gasteiger partial charge in [-0.05, 0) is 19.1 Å². The zero-order chi connectivity index (χ0) is 13.1. The molecule has 0 aliphatic heterocycles. The van der Waals surface area contributed by atoms with E-state index in [0.717, 1.165) is 14.7 Å². The Morgan fingerprint density at radius 3 is 2.53 bits per heavy atom. The van der Waals surface area contributed by atoms with E-state index in [4.69, 9.17) is 5.11 Å². The molecular weight excluding hydrogens is 255 g/mol. The number of alkyl halides is 3. The molecule has 0 saturated carbocycles. The molecule has 0 amide bonds. The van der Waals surface area contributed by atoms with Crippen molar-refractivity contribution >= 4 is 17.3 Å². The lowest BCUT2D eigenvalue weighted by Crippen LogP contribution is -2.37. The van der Waals surface area contributed by atoms with Crippen molar-refractivity contribution in [2.75, 3.05) is 13.1 Å². The second-order valence-electron chi connectivity index (χ2n) is 3.67. The summed E-state index contributed by atoms with van der Waals surface area (Å²) >= 11 is 1.37. The second-order valence-corrected chi connectivity index (χ2v) is 5.04. The molecule has 1 aromatic rings. The monoisotopic (exact) mass is 267 g/mol. The maximum absolute atomic E-state index is 12.2. The number of nitrogens with zero attached hydrogens (tertiary/aromatic N) is 1. The fourth-order valence-corrected chi connectivity index (χ4v) is 2.34. The van der Waals surface area contributed by atoms with Gasteiger partial charge in [0.25, 0.3) is 0 Å². The van der Waals surface area contributed by atoms with Crippen molar-refractivity contribution < 1.29 is 23.1 Å². The quantitative estimate of drug-likeness (QED) is 0.891. The van der Waals surface area contributed by atoms with E-state index >= 15 is 0 Å². The van der Waals surface area contributed by atoms with E-state index < -0.39 is 25.2 Å². The zero-order valence-electron chi connectivity index (χ0n) is 9.12. The van der Waals surface area contributed by atoms with Gasteiger partial charge in [-0.25, -0.2) is 0 Å². The lowest BCUT2D eigenvalue weighted by atomic mass is 10.3. The number of carbonyl (C=O) groups is 1. The summed E-state index contributed by atoms with van der Waals surface area (Å²) < 4.78 is 36.7. The van der Waals surface area contributed by atoms with Gasteiger partial charge in [0.15, 0.2) is 0 Å². The number of rotatable bonds is 5. The van der Waals surface area contributed by atoms with Gasteiger partial charge in [0.05, 0.1) is 13.1 Å². The van der Waals surface area contributed by atoms with Crippen LogP contribution in [0.2, 0.25) is 0 Å². The molecule has 0 fully saturated rings. The van der Waals surface area contributed by atoms with Crippen molar-refractivity contribution in [3.63, 3.8) is 0 Å². The average Bonchev–Trinajstić information content (AvgIpc) is 2.46. The molecule has 7 heteroatoms. The van der Waals surface area contributed by atoms with Crippen LogP contribution in [0.25, 0.3) is 0 Å². The topological polar surface area (TPSA) is 40.5 Å². The van der Waals surface area contributed by atoms with E-state index in [9.17, 15) is 18.0 Å². The smallest absolute Gasteiger partial charge is 0.401 e. The number of hydrogen-bond acceptors (Lipinski definition) is 3. The van der Waals surface area contributed by atoms with Crippen LogP contribution in [-0.4, -0.2) is 35.2 Å². The minimum absolute atomic E-state index is 0.00428. The third kappa shape index (κ3) is 5.69. The van der Waals surface area contributed by atoms with Crippen LogP contribution in [0.4, 0.5) is 13.2 Å². The molecule has 0 radical (unpaired) electrons. The summed E-state index contributed by atoms with van der Waals surface area (Å²) in [6.45, 7) is 0.0243. The molecule has 3 nitrogen and oxygen atoms in total. The normalized spacial score (nSPS) is 12.1. The van der Waals surface area contributed by atoms with E-state index in [1.54, 1.807) is 12.1 Å². The Morgan fingerprint density at radius 1 is 1.47 bits per heavy atom. The largest absolute Gasteiger partial charge is 0.480 e. The first-order valence-corrected chi connectivity index (χ1v) is 5.64. The van der Waals surface area contributed by atoms with Gasteiger partial charge in [-0.2, -0.15) is 13.2 Å². The molecule has 1 heterocycles. The molecule has 0 aromatic carbocycles. The lowest BCUT2D eigenvalue weighted by molar-refractivity contribution is -0.154. The van der Waals surface area contributed by atoms with Crippen LogP contribution in [0.3, 0.4) is 0 Å². The molecule has 1 aromatic heterocycles. The summed E-state index contributed by atoms with van der Waals surface area (Å²) in [7, 11) is 0. The Kier molecular flexibility index (Phi) is 4.53. The van der Waals surface area contributed by atoms with Crippen LogP contribution in [0.15, 0.2) is 12.1 Å². The highest BCUT2D eigenvalue weighted by molar-refractivity contribution is 7.11. The Balaban J connectivity index is 2.66. The Morgan fingerprint density at radius 2 is 2.12 bits per heavy atom. The van der Waals surface area contributed by atoms with E-state index in [1.165, 1.54) is 11.3 Å². The van der Waals surface area contributed by atoms with Crippen molar-refractivity contribution in [1.82, 2.24) is 4.90 Å². The van der Waals surface area contributed by atoms with Crippen molar-refractivity contribution in [1.29, 1.82) is 0 Å². The first-order valence-electron chi connectivity index (χ1n) is 4.82. The molecular formula is C10H12F3NO2S. The molecule has 0 aliphatic carbocycles. The predicted molar refractivity (Wildman–Crippen MR) is 58.0 cm³/mol. The van der Waals surface area contributed by atoms with E-state index in [2.05, 4.69) is 0 Å². The summed E-state index contributed by atoms with van der Waals surface area (Å²) in [6, 6.07) is 3.51. The summed E-state index contributed by atoms with van der Waals surface area (Å²) in [5.41, 5.74) is 0. The highest BCUT2D eigenvalue weighted by Crippen LogP contribution is 2.21. The first kappa shape index (κ1) is 14.0. The highest BCUT2D eigenvalue weighted by atomic mass is 32.1. The molecule has 96 valence electrons. The summed E-state index contributed by atoms with van der Waals surface area (Å²) in [5.74, 6) is -1.26. The van der Waals surface area contributed by atoms with Gasteiger partial charge in [0.1, 0.15) is 0 Å². The fourth-order valence-electron chi connectivity index (χ4n) is 1.40. The minimum atomic E-state index is -4.39. The van der Waals surface area contributed by atoms with Crippen LogP contribution >= 0.6 is 11.3 Å². The van der Waals surface area contributed by atoms with Gasteiger partial charge < -0.3 is 5.11 Å². The fraction of sp³-hybridized carbons (Fsp3) is 0.500. The van der Waals surface area contributed by atoms with Gasteiger partial charge >= 0.3 is 12.1 Å². The maximum atomic E-state index is 12.2. The van der Waals surface area contributed by atoms with Gasteiger partial charge in [0, 0.05) is 16.3 Å². The van der Waals surface area contributed by atoms with Gasteiger partial charge in [-0.1, -0.05) is 0 Å². The number of aryl methyl sites for hydroxylation is 1. The van der Waals surface area contributed by atoms with E-state index in [0.29, 0.717) is 0 Å². The summed E-state index contributed by atoms with van der Waals surface area (Å²) in [5, 5.41) is 8.56. The second kappa shape index (κ2) is 5.50. The average molecular weight is 267 g/mol. The third-order valence-corrected chi connectivity index (χ3v) is 2.92. The Bertz CT molecular complexity index is 389. The Hall–Kier alpha value is -1.08. The van der Waals surface area contributed by atoms with Crippen LogP contribution in [0.1, 0.15) is 9.75 Å². The molecule has 0 saturated heterocycles. The van der Waals surface area contributed by atoms with Crippen molar-refractivity contribution in [3.8, 4) is 0 Å². The molecule has 17 heavy (non-hydrogen) atoms. The van der Waals surface area contributed by atoms with Crippen molar-refractivity contribution in [2.45, 2.75) is 19.6 Å². The molecule has 1 rings (SSSR count). The molecule has 1 N–H and O–H groups in total. The zero-order valence-corrected chi connectivity index (χ0v) is 9.94. The first-order chi connectivity index (χ1) is 7.76. The number of aliphatic carboxylic acids is 1. The number of carboxylic acid groups (broad SMARTS) is 1. The lowest BCUT2D eigenvalue weighted by Gasteiger charge is -2.20. The number of hydrogen-bond donors (Lipinski definition) is 1. The number of thiophene rings is 1. The molecule has 0 bridgehead atoms. The standard InChI is InChI=1S/C10H12F3NO2S/c1-7-2-3-8(17-7)4-14(5-9(15)16)6-10(11,12)13/h2-3H,4-6H2,1H3,(H,15,16). The van der Waals surface area contributed by atoms with Crippen LogP contribution < -0.4 is 0 Å². The molecule has 0 aliphatic rings. The predicted octanol–water partition coefficient (Wildman–Crippen LogP) is 2.51. The van der Waals surface area contributed by atoms with Crippen molar-refractivity contribution in [3.05, 3.63) is 21.9 Å². The van der Waals surface area contributed by atoms with Crippen LogP contribution in [-0.2, 0) is 11.3 Å². The van der Waals surface area contributed by atoms with E-state index in [1.807, 2.05) is 6.92 Å². The van der Waals surface area contributed by atoms with Crippen molar-refractivity contribution in [2.24, 2.45) is 0 Å². The van der Waals surface area contributed by atoms with Gasteiger partial charge in [0.2, 0.25) is 0 Å². The third-order valence-electron chi connectivity index (χ3n) is 1.94. The Labute approximate surface area is 100 Å². The van der Waals surface area contributed by atoms with Crippen LogP contribution in [0, 0.1) is 6.92 Å². The van der Waals surface area contributed by atoms with E-state index in [-0.39, 0.29) is 6.54 Å². The minimum Gasteiger partial charge on any atom is -0.480 e. The molecule has 0 unspecified atom stereocenters. The number of halogens is 3. The number of carboxylic acids is 1.